The molecule has 0 aromatic heterocycles. The van der Waals surface area contributed by atoms with Gasteiger partial charge in [0, 0.05) is 0 Å². The molecule has 1 fully saturated rings. The number of nitrogens with one attached hydrogen (secondary N) is 1. The third-order valence-corrected chi connectivity index (χ3v) is 2.91. The van der Waals surface area contributed by atoms with Gasteiger partial charge in [-0.2, -0.15) is 0 Å². The summed E-state index contributed by atoms with van der Waals surface area (Å²) in [5, 5.41) is 3.21. The molecule has 74 valence electrons. The van der Waals surface area contributed by atoms with E-state index >= 15 is 0 Å². The summed E-state index contributed by atoms with van der Waals surface area (Å²) in [5.41, 5.74) is -0.0129. The summed E-state index contributed by atoms with van der Waals surface area (Å²) in [6.07, 6.45) is 1.80. The van der Waals surface area contributed by atoms with Gasteiger partial charge >= 0.3 is 13.0 Å². The van der Waals surface area contributed by atoms with Crippen molar-refractivity contribution in [1.82, 2.24) is 5.23 Å². The molecule has 0 aromatic carbocycles. The lowest BCUT2D eigenvalue weighted by molar-refractivity contribution is -0.136. The van der Waals surface area contributed by atoms with E-state index in [1.165, 1.54) is 0 Å². The SMILES string of the molecule is CCB1NC(C(C)(C)CC)C(=O)O1. The molecule has 1 rings (SSSR count). The van der Waals surface area contributed by atoms with Gasteiger partial charge in [0.15, 0.2) is 0 Å². The van der Waals surface area contributed by atoms with Crippen molar-refractivity contribution in [2.24, 2.45) is 5.41 Å². The van der Waals surface area contributed by atoms with Crippen molar-refractivity contribution in [3.8, 4) is 0 Å². The Bertz CT molecular complexity index is 206. The molecule has 0 amide bonds. The molecule has 0 aliphatic carbocycles. The fourth-order valence-electron chi connectivity index (χ4n) is 1.45. The Balaban J connectivity index is 2.67. The minimum atomic E-state index is -0.137. The first kappa shape index (κ1) is 10.6. The van der Waals surface area contributed by atoms with Crippen molar-refractivity contribution in [3.63, 3.8) is 0 Å². The Labute approximate surface area is 80.4 Å². The quantitative estimate of drug-likeness (QED) is 0.673. The van der Waals surface area contributed by atoms with E-state index in [4.69, 9.17) is 4.65 Å². The molecule has 4 heteroatoms. The van der Waals surface area contributed by atoms with Gasteiger partial charge in [-0.15, -0.1) is 0 Å². The van der Waals surface area contributed by atoms with Crippen LogP contribution >= 0.6 is 0 Å². The monoisotopic (exact) mass is 183 g/mol. The summed E-state index contributed by atoms with van der Waals surface area (Å²) >= 11 is 0. The van der Waals surface area contributed by atoms with Crippen LogP contribution in [0.2, 0.25) is 6.32 Å². The summed E-state index contributed by atoms with van der Waals surface area (Å²) in [6, 6.07) is -0.137. The van der Waals surface area contributed by atoms with Crippen LogP contribution in [-0.2, 0) is 9.45 Å². The molecule has 1 aliphatic rings. The van der Waals surface area contributed by atoms with E-state index < -0.39 is 0 Å². The first-order valence-corrected chi connectivity index (χ1v) is 4.97. The molecule has 1 heterocycles. The molecule has 1 saturated heterocycles. The maximum Gasteiger partial charge on any atom is 0.449 e. The molecule has 1 atom stereocenters. The molecule has 0 saturated carbocycles. The fraction of sp³-hybridized carbons (Fsp3) is 0.889. The molecular formula is C9H18BNO2. The van der Waals surface area contributed by atoms with E-state index in [0.29, 0.717) is 0 Å². The summed E-state index contributed by atoms with van der Waals surface area (Å²) in [4.78, 5) is 11.5. The van der Waals surface area contributed by atoms with Crippen LogP contribution in [0.5, 0.6) is 0 Å². The Kier molecular flexibility index (Phi) is 3.01. The highest BCUT2D eigenvalue weighted by Gasteiger charge is 2.44. The van der Waals surface area contributed by atoms with Crippen LogP contribution in [0.15, 0.2) is 0 Å². The van der Waals surface area contributed by atoms with Crippen molar-refractivity contribution in [2.45, 2.75) is 46.5 Å². The van der Waals surface area contributed by atoms with Gasteiger partial charge in [0.05, 0.1) is 0 Å². The molecule has 0 bridgehead atoms. The number of carbonyl (C=O) groups is 1. The van der Waals surface area contributed by atoms with E-state index in [1.54, 1.807) is 0 Å². The molecule has 1 N–H and O–H groups in total. The van der Waals surface area contributed by atoms with Crippen LogP contribution in [-0.4, -0.2) is 19.1 Å². The van der Waals surface area contributed by atoms with Gasteiger partial charge in [-0.25, -0.2) is 0 Å². The van der Waals surface area contributed by atoms with Crippen molar-refractivity contribution in [1.29, 1.82) is 0 Å². The van der Waals surface area contributed by atoms with Crippen LogP contribution < -0.4 is 5.23 Å². The standard InChI is InChI=1S/C9H18BNO2/c1-5-9(3,4)7-8(12)13-10(6-2)11-7/h7,11H,5-6H2,1-4H3. The topological polar surface area (TPSA) is 38.3 Å². The van der Waals surface area contributed by atoms with Gasteiger partial charge in [0.2, 0.25) is 0 Å². The largest absolute Gasteiger partial charge is 0.519 e. The lowest BCUT2D eigenvalue weighted by atomic mass is 9.76. The number of rotatable bonds is 3. The first-order chi connectivity index (χ1) is 6.01. The second-order valence-corrected chi connectivity index (χ2v) is 4.28. The predicted molar refractivity (Wildman–Crippen MR) is 53.3 cm³/mol. The summed E-state index contributed by atoms with van der Waals surface area (Å²) in [6.45, 7) is 8.27. The van der Waals surface area contributed by atoms with Gasteiger partial charge in [-0.3, -0.25) is 4.79 Å². The zero-order chi connectivity index (χ0) is 10.1. The van der Waals surface area contributed by atoms with E-state index in [2.05, 4.69) is 26.0 Å². The Morgan fingerprint density at radius 2 is 2.15 bits per heavy atom. The van der Waals surface area contributed by atoms with E-state index in [0.717, 1.165) is 12.7 Å². The number of hydrogen-bond acceptors (Lipinski definition) is 3. The zero-order valence-corrected chi connectivity index (χ0v) is 8.89. The lowest BCUT2D eigenvalue weighted by Crippen LogP contribution is -2.44. The van der Waals surface area contributed by atoms with Crippen molar-refractivity contribution in [3.05, 3.63) is 0 Å². The van der Waals surface area contributed by atoms with Gasteiger partial charge in [0.1, 0.15) is 6.04 Å². The third kappa shape index (κ3) is 2.05. The van der Waals surface area contributed by atoms with Crippen LogP contribution in [0.1, 0.15) is 34.1 Å². The summed E-state index contributed by atoms with van der Waals surface area (Å²) in [5.74, 6) is -0.0984. The highest BCUT2D eigenvalue weighted by molar-refractivity contribution is 6.53. The third-order valence-electron chi connectivity index (χ3n) is 2.91. The molecule has 3 nitrogen and oxygen atoms in total. The van der Waals surface area contributed by atoms with Gasteiger partial charge in [-0.05, 0) is 18.2 Å². The predicted octanol–water partition coefficient (Wildman–Crippen LogP) is 1.45. The smallest absolute Gasteiger partial charge is 0.449 e. The summed E-state index contributed by atoms with van der Waals surface area (Å²) < 4.78 is 5.16. The van der Waals surface area contributed by atoms with Crippen molar-refractivity contribution < 1.29 is 9.45 Å². The molecule has 1 aliphatic heterocycles. The lowest BCUT2D eigenvalue weighted by Gasteiger charge is -2.27. The highest BCUT2D eigenvalue weighted by Crippen LogP contribution is 2.28. The second-order valence-electron chi connectivity index (χ2n) is 4.28. The Hall–Kier alpha value is -0.505. The van der Waals surface area contributed by atoms with Crippen LogP contribution in [0, 0.1) is 5.41 Å². The molecule has 1 unspecified atom stereocenters. The van der Waals surface area contributed by atoms with Gasteiger partial charge in [-0.1, -0.05) is 27.7 Å². The van der Waals surface area contributed by atoms with Crippen LogP contribution in [0.4, 0.5) is 0 Å². The number of hydrogen-bond donors (Lipinski definition) is 1. The Morgan fingerprint density at radius 1 is 1.54 bits per heavy atom. The van der Waals surface area contributed by atoms with Crippen LogP contribution in [0.25, 0.3) is 0 Å². The molecule has 0 spiro atoms. The minimum absolute atomic E-state index is 0.0129. The Morgan fingerprint density at radius 3 is 2.54 bits per heavy atom. The molecule has 0 radical (unpaired) electrons. The maximum absolute atomic E-state index is 11.5. The van der Waals surface area contributed by atoms with Crippen molar-refractivity contribution in [2.75, 3.05) is 0 Å². The average molecular weight is 183 g/mol. The number of carbonyl (C=O) groups excluding carboxylic acids is 1. The van der Waals surface area contributed by atoms with Gasteiger partial charge in [0.25, 0.3) is 0 Å². The maximum atomic E-state index is 11.5. The zero-order valence-electron chi connectivity index (χ0n) is 8.89. The van der Waals surface area contributed by atoms with Gasteiger partial charge < -0.3 is 9.88 Å². The molecule has 13 heavy (non-hydrogen) atoms. The molecule has 0 aromatic rings. The minimum Gasteiger partial charge on any atom is -0.519 e. The summed E-state index contributed by atoms with van der Waals surface area (Å²) in [7, 11) is -0.0803. The highest BCUT2D eigenvalue weighted by atomic mass is 16.5. The van der Waals surface area contributed by atoms with Crippen molar-refractivity contribution >= 4 is 13.0 Å². The normalized spacial score (nSPS) is 23.5. The first-order valence-electron chi connectivity index (χ1n) is 4.97. The fourth-order valence-corrected chi connectivity index (χ4v) is 1.45. The van der Waals surface area contributed by atoms with E-state index in [-0.39, 0.29) is 24.5 Å². The second kappa shape index (κ2) is 3.70. The van der Waals surface area contributed by atoms with E-state index in [9.17, 15) is 4.79 Å². The average Bonchev–Trinajstić information content (AvgIpc) is 2.47. The van der Waals surface area contributed by atoms with Crippen LogP contribution in [0.3, 0.4) is 0 Å². The molecular weight excluding hydrogens is 165 g/mol. The van der Waals surface area contributed by atoms with E-state index in [1.807, 2.05) is 6.92 Å².